The molecule has 0 unspecified atom stereocenters. The SMILES string of the molecule is Cc1c(COc2cc(OCc3cccc(C#N)c3)c(/C=C(\C#N)C(N)=O)cc2Br)cccc1-c1ccccc1. The van der Waals surface area contributed by atoms with E-state index < -0.39 is 5.91 Å². The largest absolute Gasteiger partial charge is 0.488 e. The molecule has 4 aromatic carbocycles. The van der Waals surface area contributed by atoms with Gasteiger partial charge in [0.2, 0.25) is 0 Å². The Labute approximate surface area is 235 Å². The number of rotatable bonds is 9. The van der Waals surface area contributed by atoms with Gasteiger partial charge < -0.3 is 15.2 Å². The van der Waals surface area contributed by atoms with Crippen molar-refractivity contribution in [3.05, 3.63) is 123 Å². The Morgan fingerprint density at radius 2 is 1.67 bits per heavy atom. The van der Waals surface area contributed by atoms with Gasteiger partial charge in [0.1, 0.15) is 36.4 Å². The molecule has 0 heterocycles. The van der Waals surface area contributed by atoms with Crippen LogP contribution in [0.1, 0.15) is 27.8 Å². The summed E-state index contributed by atoms with van der Waals surface area (Å²) in [6, 6.07) is 30.7. The molecule has 0 bridgehead atoms. The summed E-state index contributed by atoms with van der Waals surface area (Å²) in [7, 11) is 0. The summed E-state index contributed by atoms with van der Waals surface area (Å²) in [5.74, 6) is 0.0738. The van der Waals surface area contributed by atoms with Crippen molar-refractivity contribution in [2.75, 3.05) is 0 Å². The second-order valence-electron chi connectivity index (χ2n) is 8.70. The molecule has 2 N–H and O–H groups in total. The highest BCUT2D eigenvalue weighted by Gasteiger charge is 2.14. The zero-order valence-electron chi connectivity index (χ0n) is 21.1. The van der Waals surface area contributed by atoms with E-state index in [-0.39, 0.29) is 12.2 Å². The molecule has 192 valence electrons. The summed E-state index contributed by atoms with van der Waals surface area (Å²) in [5.41, 5.74) is 11.3. The quantitative estimate of drug-likeness (QED) is 0.173. The van der Waals surface area contributed by atoms with Crippen molar-refractivity contribution in [3.63, 3.8) is 0 Å². The molecule has 0 aromatic heterocycles. The van der Waals surface area contributed by atoms with Gasteiger partial charge >= 0.3 is 0 Å². The molecule has 0 aliphatic rings. The van der Waals surface area contributed by atoms with Crippen LogP contribution in [0, 0.1) is 29.6 Å². The first-order valence-corrected chi connectivity index (χ1v) is 12.8. The van der Waals surface area contributed by atoms with Gasteiger partial charge in [-0.2, -0.15) is 10.5 Å². The standard InChI is InChI=1S/C32H24BrN3O3/c1-21-25(11-6-12-28(21)24-9-3-2-4-10-24)20-39-31-16-30(38-19-23-8-5-7-22(13-23)17-34)26(15-29(31)33)14-27(18-35)32(36)37/h2-16H,19-20H2,1H3,(H2,36,37)/b27-14+. The van der Waals surface area contributed by atoms with Crippen LogP contribution in [0.3, 0.4) is 0 Å². The lowest BCUT2D eigenvalue weighted by atomic mass is 9.97. The zero-order chi connectivity index (χ0) is 27.8. The van der Waals surface area contributed by atoms with Crippen LogP contribution in [0.25, 0.3) is 17.2 Å². The van der Waals surface area contributed by atoms with Crippen molar-refractivity contribution < 1.29 is 14.3 Å². The lowest BCUT2D eigenvalue weighted by molar-refractivity contribution is -0.114. The van der Waals surface area contributed by atoms with E-state index in [4.69, 9.17) is 15.2 Å². The maximum atomic E-state index is 11.7. The van der Waals surface area contributed by atoms with E-state index in [9.17, 15) is 15.3 Å². The maximum Gasteiger partial charge on any atom is 0.259 e. The molecule has 0 spiro atoms. The summed E-state index contributed by atoms with van der Waals surface area (Å²) < 4.78 is 12.9. The first kappa shape index (κ1) is 27.2. The Kier molecular flexibility index (Phi) is 8.78. The number of carbonyl (C=O) groups is 1. The third kappa shape index (κ3) is 6.73. The number of nitriles is 2. The molecule has 4 aromatic rings. The predicted molar refractivity (Wildman–Crippen MR) is 153 cm³/mol. The summed E-state index contributed by atoms with van der Waals surface area (Å²) in [6.45, 7) is 2.55. The van der Waals surface area contributed by atoms with E-state index in [0.717, 1.165) is 27.8 Å². The van der Waals surface area contributed by atoms with Crippen molar-refractivity contribution in [1.29, 1.82) is 10.5 Å². The Bertz CT molecular complexity index is 1630. The average molecular weight is 578 g/mol. The van der Waals surface area contributed by atoms with Gasteiger partial charge in [-0.05, 0) is 74.9 Å². The highest BCUT2D eigenvalue weighted by atomic mass is 79.9. The van der Waals surface area contributed by atoms with Gasteiger partial charge in [0, 0.05) is 11.6 Å². The van der Waals surface area contributed by atoms with Crippen LogP contribution in [-0.4, -0.2) is 5.91 Å². The molecule has 1 amide bonds. The van der Waals surface area contributed by atoms with Gasteiger partial charge in [-0.25, -0.2) is 0 Å². The number of nitrogens with zero attached hydrogens (tertiary/aromatic N) is 2. The minimum absolute atomic E-state index is 0.161. The van der Waals surface area contributed by atoms with Gasteiger partial charge in [-0.15, -0.1) is 0 Å². The Morgan fingerprint density at radius 1 is 0.923 bits per heavy atom. The number of hydrogen-bond acceptors (Lipinski definition) is 5. The summed E-state index contributed by atoms with van der Waals surface area (Å²) in [6.07, 6.45) is 1.38. The van der Waals surface area contributed by atoms with E-state index in [2.05, 4.69) is 47.1 Å². The second kappa shape index (κ2) is 12.6. The number of nitrogens with two attached hydrogens (primary N) is 1. The lowest BCUT2D eigenvalue weighted by Gasteiger charge is -2.16. The molecule has 0 atom stereocenters. The van der Waals surface area contributed by atoms with Crippen LogP contribution in [0.5, 0.6) is 11.5 Å². The predicted octanol–water partition coefficient (Wildman–Crippen LogP) is 6.85. The van der Waals surface area contributed by atoms with Crippen LogP contribution in [0.4, 0.5) is 0 Å². The fourth-order valence-corrected chi connectivity index (χ4v) is 4.51. The number of amides is 1. The van der Waals surface area contributed by atoms with Gasteiger partial charge in [0.25, 0.3) is 5.91 Å². The van der Waals surface area contributed by atoms with E-state index in [0.29, 0.717) is 33.7 Å². The molecule has 0 aliphatic carbocycles. The summed E-state index contributed by atoms with van der Waals surface area (Å²) in [4.78, 5) is 11.7. The lowest BCUT2D eigenvalue weighted by Crippen LogP contribution is -2.12. The molecule has 0 saturated carbocycles. The normalized spacial score (nSPS) is 10.8. The monoisotopic (exact) mass is 577 g/mol. The van der Waals surface area contributed by atoms with Gasteiger partial charge in [0.15, 0.2) is 0 Å². The topological polar surface area (TPSA) is 109 Å². The van der Waals surface area contributed by atoms with Crippen LogP contribution >= 0.6 is 15.9 Å². The van der Waals surface area contributed by atoms with Gasteiger partial charge in [0.05, 0.1) is 16.1 Å². The van der Waals surface area contributed by atoms with Crippen molar-refractivity contribution in [2.45, 2.75) is 20.1 Å². The molecule has 0 aliphatic heterocycles. The van der Waals surface area contributed by atoms with Crippen LogP contribution in [-0.2, 0) is 18.0 Å². The molecule has 4 rings (SSSR count). The Morgan fingerprint density at radius 3 is 2.38 bits per heavy atom. The maximum absolute atomic E-state index is 11.7. The third-order valence-electron chi connectivity index (χ3n) is 6.11. The third-order valence-corrected chi connectivity index (χ3v) is 6.73. The zero-order valence-corrected chi connectivity index (χ0v) is 22.7. The first-order chi connectivity index (χ1) is 18.9. The van der Waals surface area contributed by atoms with E-state index in [1.807, 2.05) is 42.5 Å². The number of halogens is 1. The summed E-state index contributed by atoms with van der Waals surface area (Å²) in [5, 5.41) is 18.5. The number of benzene rings is 4. The van der Waals surface area contributed by atoms with Crippen molar-refractivity contribution in [1.82, 2.24) is 0 Å². The minimum atomic E-state index is -0.838. The second-order valence-corrected chi connectivity index (χ2v) is 9.55. The molecule has 0 radical (unpaired) electrons. The fourth-order valence-electron chi connectivity index (χ4n) is 4.03. The highest BCUT2D eigenvalue weighted by molar-refractivity contribution is 9.10. The van der Waals surface area contributed by atoms with Gasteiger partial charge in [-0.1, -0.05) is 60.7 Å². The first-order valence-electron chi connectivity index (χ1n) is 12.0. The minimum Gasteiger partial charge on any atom is -0.488 e. The molecule has 39 heavy (non-hydrogen) atoms. The Balaban J connectivity index is 1.64. The Hall–Kier alpha value is -4.85. The van der Waals surface area contributed by atoms with Gasteiger partial charge in [-0.3, -0.25) is 4.79 Å². The van der Waals surface area contributed by atoms with E-state index in [1.165, 1.54) is 6.08 Å². The molecule has 0 saturated heterocycles. The molecular formula is C32H24BrN3O3. The number of carbonyl (C=O) groups excluding carboxylic acids is 1. The highest BCUT2D eigenvalue weighted by Crippen LogP contribution is 2.36. The number of hydrogen-bond donors (Lipinski definition) is 1. The number of ether oxygens (including phenoxy) is 2. The van der Waals surface area contributed by atoms with E-state index in [1.54, 1.807) is 30.3 Å². The van der Waals surface area contributed by atoms with Crippen LogP contribution in [0.15, 0.2) is 95.0 Å². The van der Waals surface area contributed by atoms with Crippen molar-refractivity contribution in [2.24, 2.45) is 5.73 Å². The molecule has 6 nitrogen and oxygen atoms in total. The van der Waals surface area contributed by atoms with Crippen LogP contribution in [0.2, 0.25) is 0 Å². The van der Waals surface area contributed by atoms with E-state index >= 15 is 0 Å². The van der Waals surface area contributed by atoms with Crippen molar-refractivity contribution in [3.8, 4) is 34.8 Å². The fraction of sp³-hybridized carbons (Fsp3) is 0.0938. The smallest absolute Gasteiger partial charge is 0.259 e. The molecule has 0 fully saturated rings. The summed E-state index contributed by atoms with van der Waals surface area (Å²) >= 11 is 3.54. The van der Waals surface area contributed by atoms with Crippen LogP contribution < -0.4 is 15.2 Å². The molecule has 7 heteroatoms. The van der Waals surface area contributed by atoms with Crippen molar-refractivity contribution >= 4 is 27.9 Å². The average Bonchev–Trinajstić information content (AvgIpc) is 2.95. The number of primary amides is 1. The molecular weight excluding hydrogens is 554 g/mol.